The molecule has 1 aromatic rings. The zero-order valence-corrected chi connectivity index (χ0v) is 11.5. The van der Waals surface area contributed by atoms with Crippen molar-refractivity contribution in [2.45, 2.75) is 6.54 Å². The van der Waals surface area contributed by atoms with E-state index in [1.807, 2.05) is 29.6 Å². The third-order valence-corrected chi connectivity index (χ3v) is 3.13. The normalized spacial score (nSPS) is 11.6. The van der Waals surface area contributed by atoms with Crippen molar-refractivity contribution in [3.8, 4) is 0 Å². The summed E-state index contributed by atoms with van der Waals surface area (Å²) >= 11 is 3.37. The zero-order chi connectivity index (χ0) is 12.0. The molecule has 6 heteroatoms. The molecule has 0 aliphatic carbocycles. The second-order valence-electron chi connectivity index (χ2n) is 3.49. The van der Waals surface area contributed by atoms with Crippen LogP contribution in [0.25, 0.3) is 4.72 Å². The Morgan fingerprint density at radius 1 is 1.31 bits per heavy atom. The van der Waals surface area contributed by atoms with Crippen molar-refractivity contribution in [1.82, 2.24) is 0 Å². The minimum Gasteiger partial charge on any atom is -0.545 e. The van der Waals surface area contributed by atoms with Gasteiger partial charge in [0.1, 0.15) is 6.54 Å². The van der Waals surface area contributed by atoms with Crippen LogP contribution in [0, 0.1) is 0 Å². The van der Waals surface area contributed by atoms with Gasteiger partial charge in [0.15, 0.2) is 0 Å². The summed E-state index contributed by atoms with van der Waals surface area (Å²) in [5.41, 5.74) is 1.21. The summed E-state index contributed by atoms with van der Waals surface area (Å²) in [4.78, 5) is 0. The number of sulfonamides is 1. The van der Waals surface area contributed by atoms with Gasteiger partial charge >= 0.3 is 0 Å². The van der Waals surface area contributed by atoms with E-state index < -0.39 is 10.0 Å². The lowest BCUT2D eigenvalue weighted by molar-refractivity contribution is -0.667. The van der Waals surface area contributed by atoms with E-state index in [9.17, 15) is 8.42 Å². The number of halogens is 1. The molecule has 0 fully saturated rings. The minimum absolute atomic E-state index is 0.343. The fraction of sp³-hybridized carbons (Fsp3) is 0.400. The van der Waals surface area contributed by atoms with E-state index in [-0.39, 0.29) is 0 Å². The van der Waals surface area contributed by atoms with Crippen LogP contribution in [0.3, 0.4) is 0 Å². The van der Waals surface area contributed by atoms with E-state index in [0.29, 0.717) is 13.1 Å². The number of nitrogens with two attached hydrogens (primary N) is 1. The van der Waals surface area contributed by atoms with Crippen LogP contribution in [0.4, 0.5) is 0 Å². The average Bonchev–Trinajstić information content (AvgIpc) is 2.19. The molecule has 16 heavy (non-hydrogen) atoms. The SMILES string of the molecule is CS(=O)(=O)[N-]CC[NH2+]Cc1ccc(Br)cc1. The molecule has 0 bridgehead atoms. The summed E-state index contributed by atoms with van der Waals surface area (Å²) in [6, 6.07) is 8.05. The molecule has 0 amide bonds. The number of nitrogens with zero attached hydrogens (tertiary/aromatic N) is 1. The minimum atomic E-state index is -3.18. The first kappa shape index (κ1) is 13.6. The first-order valence-corrected chi connectivity index (χ1v) is 7.56. The predicted octanol–water partition coefficient (Wildman–Crippen LogP) is 0.846. The molecule has 0 radical (unpaired) electrons. The van der Waals surface area contributed by atoms with Crippen LogP contribution in [-0.4, -0.2) is 27.8 Å². The zero-order valence-electron chi connectivity index (χ0n) is 9.06. The topological polar surface area (TPSA) is 64.8 Å². The van der Waals surface area contributed by atoms with E-state index in [4.69, 9.17) is 0 Å². The molecule has 1 rings (SSSR count). The second-order valence-corrected chi connectivity index (χ2v) is 6.13. The van der Waals surface area contributed by atoms with Crippen molar-refractivity contribution in [3.05, 3.63) is 39.0 Å². The summed E-state index contributed by atoms with van der Waals surface area (Å²) in [6.45, 7) is 1.87. The summed E-state index contributed by atoms with van der Waals surface area (Å²) in [5, 5.41) is 2.04. The highest BCUT2D eigenvalue weighted by Gasteiger charge is 1.94. The van der Waals surface area contributed by atoms with Crippen LogP contribution in [0.2, 0.25) is 0 Å². The monoisotopic (exact) mass is 306 g/mol. The Morgan fingerprint density at radius 2 is 1.94 bits per heavy atom. The van der Waals surface area contributed by atoms with E-state index in [1.54, 1.807) is 0 Å². The van der Waals surface area contributed by atoms with E-state index in [0.717, 1.165) is 17.3 Å². The molecule has 0 aliphatic rings. The van der Waals surface area contributed by atoms with Crippen molar-refractivity contribution >= 4 is 26.0 Å². The summed E-state index contributed by atoms with van der Waals surface area (Å²) in [6.07, 6.45) is 1.11. The van der Waals surface area contributed by atoms with Gasteiger partial charge in [-0.05, 0) is 12.1 Å². The van der Waals surface area contributed by atoms with Gasteiger partial charge in [-0.3, -0.25) is 0 Å². The van der Waals surface area contributed by atoms with Crippen molar-refractivity contribution in [3.63, 3.8) is 0 Å². The molecule has 0 heterocycles. The Balaban J connectivity index is 2.19. The van der Waals surface area contributed by atoms with Gasteiger partial charge in [0, 0.05) is 16.3 Å². The molecular weight excluding hydrogens is 292 g/mol. The Bertz CT molecular complexity index is 417. The average molecular weight is 307 g/mol. The summed E-state index contributed by atoms with van der Waals surface area (Å²) in [5.74, 6) is 0. The molecule has 0 aromatic heterocycles. The molecule has 0 atom stereocenters. The Morgan fingerprint density at radius 3 is 2.50 bits per heavy atom. The van der Waals surface area contributed by atoms with Crippen LogP contribution < -0.4 is 5.32 Å². The Labute approximate surface area is 105 Å². The lowest BCUT2D eigenvalue weighted by Crippen LogP contribution is -2.83. The van der Waals surface area contributed by atoms with Gasteiger partial charge in [-0.1, -0.05) is 34.6 Å². The summed E-state index contributed by atoms with van der Waals surface area (Å²) in [7, 11) is -3.18. The highest BCUT2D eigenvalue weighted by Crippen LogP contribution is 2.09. The highest BCUT2D eigenvalue weighted by atomic mass is 79.9. The quantitative estimate of drug-likeness (QED) is 0.792. The number of hydrogen-bond acceptors (Lipinski definition) is 2. The van der Waals surface area contributed by atoms with Gasteiger partial charge in [0.2, 0.25) is 0 Å². The standard InChI is InChI=1S/C10H14BrN2O2S/c1-16(14,15)13-7-6-12-8-9-2-4-10(11)5-3-9/h2-5,12H,6-8H2,1H3/q-1/p+1. The molecule has 0 saturated carbocycles. The molecule has 0 saturated heterocycles. The van der Waals surface area contributed by atoms with E-state index >= 15 is 0 Å². The highest BCUT2D eigenvalue weighted by molar-refractivity contribution is 9.10. The van der Waals surface area contributed by atoms with Crippen molar-refractivity contribution in [2.75, 3.05) is 19.3 Å². The van der Waals surface area contributed by atoms with Crippen LogP contribution in [0.1, 0.15) is 5.56 Å². The van der Waals surface area contributed by atoms with Crippen LogP contribution >= 0.6 is 15.9 Å². The maximum absolute atomic E-state index is 10.7. The van der Waals surface area contributed by atoms with Crippen molar-refractivity contribution in [1.29, 1.82) is 0 Å². The molecule has 0 spiro atoms. The van der Waals surface area contributed by atoms with Crippen molar-refractivity contribution in [2.24, 2.45) is 0 Å². The number of benzene rings is 1. The lowest BCUT2D eigenvalue weighted by atomic mass is 10.2. The molecule has 0 unspecified atom stereocenters. The first-order valence-electron chi connectivity index (χ1n) is 4.92. The Kier molecular flexibility index (Phi) is 5.40. The fourth-order valence-electron chi connectivity index (χ4n) is 1.20. The fourth-order valence-corrected chi connectivity index (χ4v) is 1.90. The smallest absolute Gasteiger partial charge is 0.101 e. The van der Waals surface area contributed by atoms with Gasteiger partial charge < -0.3 is 10.0 Å². The Hall–Kier alpha value is -0.430. The van der Waals surface area contributed by atoms with Crippen LogP contribution in [-0.2, 0) is 16.6 Å². The maximum atomic E-state index is 10.7. The van der Waals surface area contributed by atoms with Crippen LogP contribution in [0.5, 0.6) is 0 Å². The molecule has 2 N–H and O–H groups in total. The van der Waals surface area contributed by atoms with Gasteiger partial charge in [0.05, 0.1) is 16.6 Å². The largest absolute Gasteiger partial charge is 0.545 e. The van der Waals surface area contributed by atoms with Gasteiger partial charge in [-0.15, -0.1) is 0 Å². The lowest BCUT2D eigenvalue weighted by Gasteiger charge is -2.14. The summed E-state index contributed by atoms with van der Waals surface area (Å²) < 4.78 is 26.0. The molecule has 4 nitrogen and oxygen atoms in total. The molecule has 1 aromatic carbocycles. The third kappa shape index (κ3) is 6.22. The van der Waals surface area contributed by atoms with E-state index in [1.165, 1.54) is 5.56 Å². The predicted molar refractivity (Wildman–Crippen MR) is 67.7 cm³/mol. The van der Waals surface area contributed by atoms with Gasteiger partial charge in [0.25, 0.3) is 0 Å². The molecule has 90 valence electrons. The maximum Gasteiger partial charge on any atom is 0.101 e. The second kappa shape index (κ2) is 6.34. The van der Waals surface area contributed by atoms with E-state index in [2.05, 4.69) is 20.7 Å². The first-order chi connectivity index (χ1) is 7.47. The van der Waals surface area contributed by atoms with Crippen LogP contribution in [0.15, 0.2) is 28.7 Å². The number of rotatable bonds is 6. The molecule has 0 aliphatic heterocycles. The van der Waals surface area contributed by atoms with Gasteiger partial charge in [-0.2, -0.15) is 0 Å². The van der Waals surface area contributed by atoms with Crippen molar-refractivity contribution < 1.29 is 13.7 Å². The number of quaternary nitrogens is 1. The third-order valence-electron chi connectivity index (χ3n) is 1.95. The number of hydrogen-bond donors (Lipinski definition) is 1. The molecular formula is C10H15BrN2O2S. The van der Waals surface area contributed by atoms with Gasteiger partial charge in [-0.25, -0.2) is 8.42 Å².